The molecule has 0 radical (unpaired) electrons. The Kier molecular flexibility index (Phi) is 4.94. The second-order valence-corrected chi connectivity index (χ2v) is 8.71. The Morgan fingerprint density at radius 2 is 1.86 bits per heavy atom. The number of rotatable bonds is 5. The molecule has 0 fully saturated rings. The molecule has 0 unspecified atom stereocenters. The number of hydrogen-bond acceptors (Lipinski definition) is 6. The number of benzene rings is 2. The summed E-state index contributed by atoms with van der Waals surface area (Å²) >= 11 is 1.36. The van der Waals surface area contributed by atoms with Crippen LogP contribution in [0.2, 0.25) is 0 Å². The van der Waals surface area contributed by atoms with E-state index in [9.17, 15) is 17.2 Å². The van der Waals surface area contributed by atoms with Crippen molar-refractivity contribution < 1.29 is 21.9 Å². The molecular formula is C17H14F2N4O3S2. The summed E-state index contributed by atoms with van der Waals surface area (Å²) in [7, 11) is -3.95. The topological polar surface area (TPSA) is 77.3 Å². The van der Waals surface area contributed by atoms with E-state index in [2.05, 4.69) is 10.2 Å². The smallest absolute Gasteiger partial charge is 0.277 e. The van der Waals surface area contributed by atoms with E-state index in [1.807, 2.05) is 0 Å². The highest BCUT2D eigenvalue weighted by atomic mass is 32.2. The van der Waals surface area contributed by atoms with Gasteiger partial charge in [0.25, 0.3) is 10.0 Å². The minimum Gasteiger partial charge on any atom is -0.485 e. The van der Waals surface area contributed by atoms with Gasteiger partial charge in [-0.3, -0.25) is 0 Å². The van der Waals surface area contributed by atoms with Crippen LogP contribution in [0.3, 0.4) is 0 Å². The van der Waals surface area contributed by atoms with Crippen LogP contribution in [0.4, 0.5) is 8.78 Å². The number of thioether (sulfide) groups is 1. The first-order valence-corrected chi connectivity index (χ1v) is 10.6. The van der Waals surface area contributed by atoms with E-state index in [-0.39, 0.29) is 29.6 Å². The van der Waals surface area contributed by atoms with Gasteiger partial charge in [0.15, 0.2) is 5.82 Å². The van der Waals surface area contributed by atoms with Gasteiger partial charge in [0.2, 0.25) is 5.16 Å². The minimum absolute atomic E-state index is 0.0440. The molecule has 1 aliphatic heterocycles. The van der Waals surface area contributed by atoms with Gasteiger partial charge in [-0.1, -0.05) is 17.8 Å². The highest BCUT2D eigenvalue weighted by Crippen LogP contribution is 2.27. The zero-order chi connectivity index (χ0) is 19.7. The summed E-state index contributed by atoms with van der Waals surface area (Å²) < 4.78 is 60.6. The molecule has 4 rings (SSSR count). The van der Waals surface area contributed by atoms with Crippen LogP contribution in [0.25, 0.3) is 0 Å². The molecular weight excluding hydrogens is 410 g/mol. The molecule has 0 amide bonds. The lowest BCUT2D eigenvalue weighted by Crippen LogP contribution is -2.45. The van der Waals surface area contributed by atoms with Crippen molar-refractivity contribution in [1.29, 1.82) is 0 Å². The van der Waals surface area contributed by atoms with Crippen molar-refractivity contribution in [2.24, 2.45) is 0 Å². The zero-order valence-corrected chi connectivity index (χ0v) is 16.0. The molecule has 0 saturated carbocycles. The van der Waals surface area contributed by atoms with Crippen LogP contribution in [-0.2, 0) is 16.6 Å². The first-order valence-electron chi connectivity index (χ1n) is 8.19. The maximum atomic E-state index is 13.3. The lowest BCUT2D eigenvalue weighted by atomic mass is 10.3. The van der Waals surface area contributed by atoms with E-state index in [0.29, 0.717) is 10.9 Å². The number of fused-ring (bicyclic) bond motifs is 1. The van der Waals surface area contributed by atoms with Crippen molar-refractivity contribution in [2.45, 2.75) is 16.7 Å². The molecule has 28 heavy (non-hydrogen) atoms. The van der Waals surface area contributed by atoms with Crippen LogP contribution in [0.5, 0.6) is 5.75 Å². The molecule has 1 aromatic heterocycles. The Bertz CT molecular complexity index is 1100. The summed E-state index contributed by atoms with van der Waals surface area (Å²) in [5.74, 6) is 0.0496. The van der Waals surface area contributed by atoms with Gasteiger partial charge in [0, 0.05) is 11.8 Å². The second-order valence-electron chi connectivity index (χ2n) is 5.81. The molecule has 3 aromatic rings. The Labute approximate surface area is 164 Å². The van der Waals surface area contributed by atoms with Crippen LogP contribution < -0.4 is 9.15 Å². The number of halogens is 2. The van der Waals surface area contributed by atoms with Gasteiger partial charge in [-0.05, 0) is 36.4 Å². The van der Waals surface area contributed by atoms with E-state index >= 15 is 0 Å². The molecule has 1 aliphatic rings. The zero-order valence-electron chi connectivity index (χ0n) is 14.3. The third-order valence-electron chi connectivity index (χ3n) is 3.97. The van der Waals surface area contributed by atoms with E-state index in [1.165, 1.54) is 46.8 Å². The Balaban J connectivity index is 1.65. The van der Waals surface area contributed by atoms with Crippen molar-refractivity contribution in [2.75, 3.05) is 16.7 Å². The molecule has 0 bridgehead atoms. The predicted octanol–water partition coefficient (Wildman–Crippen LogP) is 2.57. The fraction of sp³-hybridized carbons (Fsp3) is 0.176. The molecule has 0 aliphatic carbocycles. The van der Waals surface area contributed by atoms with Gasteiger partial charge in [0.1, 0.15) is 24.0 Å². The summed E-state index contributed by atoms with van der Waals surface area (Å²) in [5.41, 5.74) is 0. The van der Waals surface area contributed by atoms with Crippen molar-refractivity contribution in [3.05, 3.63) is 66.0 Å². The molecule has 146 valence electrons. The fourth-order valence-corrected chi connectivity index (χ4v) is 5.16. The van der Waals surface area contributed by atoms with Gasteiger partial charge in [-0.2, -0.15) is 17.5 Å². The fourth-order valence-electron chi connectivity index (χ4n) is 2.68. The van der Waals surface area contributed by atoms with Gasteiger partial charge >= 0.3 is 0 Å². The lowest BCUT2D eigenvalue weighted by molar-refractivity contribution is 0.287. The molecule has 2 aromatic carbocycles. The summed E-state index contributed by atoms with van der Waals surface area (Å²) in [4.78, 5) is -0.0440. The predicted molar refractivity (Wildman–Crippen MR) is 98.1 cm³/mol. The van der Waals surface area contributed by atoms with Crippen LogP contribution in [0, 0.1) is 11.6 Å². The maximum absolute atomic E-state index is 13.3. The van der Waals surface area contributed by atoms with Crippen LogP contribution >= 0.6 is 11.8 Å². The highest BCUT2D eigenvalue weighted by molar-refractivity contribution is 7.99. The van der Waals surface area contributed by atoms with Gasteiger partial charge < -0.3 is 4.74 Å². The van der Waals surface area contributed by atoms with Gasteiger partial charge in [-0.15, -0.1) is 10.2 Å². The first-order chi connectivity index (χ1) is 13.4. The summed E-state index contributed by atoms with van der Waals surface area (Å²) in [6.45, 7) is 0.0782. The quantitative estimate of drug-likeness (QED) is 0.627. The number of nitrogens with zero attached hydrogens (tertiary/aromatic N) is 4. The Hall–Kier alpha value is -2.66. The molecule has 7 nitrogen and oxygen atoms in total. The van der Waals surface area contributed by atoms with Crippen LogP contribution in [-0.4, -0.2) is 35.6 Å². The standard InChI is InChI=1S/C17H14F2N4O3S2/c18-12-4-6-15(7-5-12)28(24,25)22-8-9-27-17-21-20-16(23(17)22)11-26-14-3-1-2-13(19)10-14/h1-7,10H,8-9,11H2. The number of hydrogen-bond donors (Lipinski definition) is 0. The maximum Gasteiger partial charge on any atom is 0.277 e. The Morgan fingerprint density at radius 3 is 2.61 bits per heavy atom. The monoisotopic (exact) mass is 424 g/mol. The van der Waals surface area contributed by atoms with Crippen molar-refractivity contribution in [1.82, 2.24) is 14.9 Å². The first kappa shape index (κ1) is 18.7. The van der Waals surface area contributed by atoms with Crippen molar-refractivity contribution in [3.63, 3.8) is 0 Å². The Morgan fingerprint density at radius 1 is 1.07 bits per heavy atom. The SMILES string of the molecule is O=S(=O)(c1ccc(F)cc1)N1CCSc2nnc(COc3cccc(F)c3)n21. The number of aromatic nitrogens is 3. The number of sulfonamides is 1. The molecule has 0 saturated heterocycles. The summed E-state index contributed by atoms with van der Waals surface area (Å²) in [5, 5.41) is 8.43. The minimum atomic E-state index is -3.95. The van der Waals surface area contributed by atoms with E-state index < -0.39 is 21.7 Å². The van der Waals surface area contributed by atoms with Gasteiger partial charge in [-0.25, -0.2) is 8.78 Å². The molecule has 0 spiro atoms. The second kappa shape index (κ2) is 7.40. The van der Waals surface area contributed by atoms with E-state index in [4.69, 9.17) is 4.74 Å². The average Bonchev–Trinajstić information content (AvgIpc) is 3.10. The lowest BCUT2D eigenvalue weighted by Gasteiger charge is -2.30. The molecule has 0 atom stereocenters. The van der Waals surface area contributed by atoms with Crippen LogP contribution in [0.15, 0.2) is 58.6 Å². The molecule has 2 heterocycles. The van der Waals surface area contributed by atoms with Gasteiger partial charge in [0.05, 0.1) is 11.4 Å². The third-order valence-corrected chi connectivity index (χ3v) is 6.63. The molecule has 11 heteroatoms. The summed E-state index contributed by atoms with van der Waals surface area (Å²) in [6, 6.07) is 10.2. The van der Waals surface area contributed by atoms with E-state index in [1.54, 1.807) is 6.07 Å². The highest BCUT2D eigenvalue weighted by Gasteiger charge is 2.32. The normalized spacial score (nSPS) is 14.0. The van der Waals surface area contributed by atoms with Crippen LogP contribution in [0.1, 0.15) is 5.82 Å². The van der Waals surface area contributed by atoms with Crippen molar-refractivity contribution >= 4 is 21.8 Å². The number of ether oxygens (including phenoxy) is 1. The van der Waals surface area contributed by atoms with E-state index in [0.717, 1.165) is 16.5 Å². The average molecular weight is 424 g/mol. The van der Waals surface area contributed by atoms with Crippen molar-refractivity contribution in [3.8, 4) is 5.75 Å². The summed E-state index contributed by atoms with van der Waals surface area (Å²) in [6.07, 6.45) is 0. The third kappa shape index (κ3) is 3.54. The largest absolute Gasteiger partial charge is 0.485 e. The molecule has 0 N–H and O–H groups in total.